The number of pyridine rings is 1. The van der Waals surface area contributed by atoms with Crippen LogP contribution in [0.3, 0.4) is 0 Å². The number of fused-ring (bicyclic) bond motifs is 2. The number of aryl methyl sites for hydroxylation is 1. The number of hydrogen-bond acceptors (Lipinski definition) is 7. The largest absolute Gasteiger partial charge is 0.381 e. The van der Waals surface area contributed by atoms with E-state index in [2.05, 4.69) is 31.9 Å². The lowest BCUT2D eigenvalue weighted by Crippen LogP contribution is -2.28. The lowest BCUT2D eigenvalue weighted by molar-refractivity contribution is 0.100. The smallest absolute Gasteiger partial charge is 0.339 e. The molecule has 11 nitrogen and oxygen atoms in total. The van der Waals surface area contributed by atoms with Crippen LogP contribution in [0.1, 0.15) is 34.2 Å². The maximum absolute atomic E-state index is 13.2. The summed E-state index contributed by atoms with van der Waals surface area (Å²) in [4.78, 5) is 36.4. The second-order valence-electron chi connectivity index (χ2n) is 8.28. The van der Waals surface area contributed by atoms with E-state index in [-0.39, 0.29) is 17.1 Å². The first kappa shape index (κ1) is 24.9. The summed E-state index contributed by atoms with van der Waals surface area (Å²) in [6.07, 6.45) is 8.93. The Morgan fingerprint density at radius 2 is 1.77 bits per heavy atom. The minimum absolute atomic E-state index is 0.103. The quantitative estimate of drug-likeness (QED) is 0.342. The van der Waals surface area contributed by atoms with Crippen LogP contribution < -0.4 is 17.2 Å². The summed E-state index contributed by atoms with van der Waals surface area (Å²) in [5, 5.41) is 3.87. The molecular weight excluding hydrogens is 494 g/mol. The van der Waals surface area contributed by atoms with E-state index in [1.807, 2.05) is 55.5 Å². The summed E-state index contributed by atoms with van der Waals surface area (Å²) < 4.78 is 4.68. The summed E-state index contributed by atoms with van der Waals surface area (Å²) in [5.74, 6) is 5.59. The number of nitrogens with two attached hydrogens (primary N) is 2. The highest BCUT2D eigenvalue weighted by Gasteiger charge is 2.15. The van der Waals surface area contributed by atoms with Crippen LogP contribution in [0.4, 0.5) is 5.82 Å². The van der Waals surface area contributed by atoms with Gasteiger partial charge in [0, 0.05) is 42.1 Å². The van der Waals surface area contributed by atoms with Crippen molar-refractivity contribution in [1.29, 1.82) is 0 Å². The van der Waals surface area contributed by atoms with E-state index in [1.165, 1.54) is 4.52 Å². The fraction of sp³-hybridized carbons (Fsp3) is 0.0714. The number of amides is 1. The van der Waals surface area contributed by atoms with Gasteiger partial charge in [0.25, 0.3) is 5.91 Å². The molecule has 5 heterocycles. The maximum Gasteiger partial charge on any atom is 0.339 e. The predicted molar refractivity (Wildman–Crippen MR) is 146 cm³/mol. The highest BCUT2D eigenvalue weighted by molar-refractivity contribution is 6.03. The van der Waals surface area contributed by atoms with Crippen LogP contribution in [0, 0.1) is 11.8 Å². The molecular formula is C28H23N9O2. The Hall–Kier alpha value is -5.76. The van der Waals surface area contributed by atoms with Gasteiger partial charge in [0.1, 0.15) is 16.9 Å². The number of carbonyl (C=O) groups is 1. The van der Waals surface area contributed by atoms with E-state index in [1.54, 1.807) is 46.0 Å². The molecule has 0 radical (unpaired) electrons. The number of carbonyl (C=O) groups excluding carboxylic acids is 1. The van der Waals surface area contributed by atoms with E-state index >= 15 is 0 Å². The van der Waals surface area contributed by atoms with Crippen molar-refractivity contribution in [3.8, 4) is 17.5 Å². The Labute approximate surface area is 222 Å². The molecule has 1 aromatic carbocycles. The van der Waals surface area contributed by atoms with Gasteiger partial charge in [-0.05, 0) is 42.7 Å². The van der Waals surface area contributed by atoms with Crippen LogP contribution in [-0.2, 0) is 6.42 Å². The SMILES string of the molecule is CCc1cc2ncc(C#Cc3ccncc3)n2c(=O)n1-c1ccccc1.NC(=O)c1c(N)nn2cccnc12. The number of benzene rings is 1. The van der Waals surface area contributed by atoms with E-state index in [0.717, 1.165) is 23.4 Å². The molecule has 39 heavy (non-hydrogen) atoms. The number of primary amides is 1. The second-order valence-corrected chi connectivity index (χ2v) is 8.28. The molecule has 0 aliphatic heterocycles. The average molecular weight is 518 g/mol. The number of anilines is 1. The van der Waals surface area contributed by atoms with Gasteiger partial charge in [-0.2, -0.15) is 0 Å². The Kier molecular flexibility index (Phi) is 6.83. The number of nitrogens with zero attached hydrogens (tertiary/aromatic N) is 7. The summed E-state index contributed by atoms with van der Waals surface area (Å²) in [6, 6.07) is 16.9. The molecule has 6 rings (SSSR count). The molecule has 5 aromatic heterocycles. The van der Waals surface area contributed by atoms with E-state index in [0.29, 0.717) is 17.0 Å². The molecule has 1 amide bonds. The van der Waals surface area contributed by atoms with E-state index in [9.17, 15) is 9.59 Å². The van der Waals surface area contributed by atoms with E-state index in [4.69, 9.17) is 11.5 Å². The third kappa shape index (κ3) is 4.94. The zero-order chi connectivity index (χ0) is 27.4. The number of para-hydroxylation sites is 1. The Bertz CT molecular complexity index is 1910. The number of aromatic nitrogens is 7. The van der Waals surface area contributed by atoms with Crippen LogP contribution in [0.2, 0.25) is 0 Å². The van der Waals surface area contributed by atoms with Gasteiger partial charge in [0.05, 0.1) is 11.9 Å². The van der Waals surface area contributed by atoms with Crippen LogP contribution in [-0.4, -0.2) is 39.4 Å². The van der Waals surface area contributed by atoms with Gasteiger partial charge in [-0.1, -0.05) is 31.0 Å². The highest BCUT2D eigenvalue weighted by Crippen LogP contribution is 2.14. The molecule has 0 fully saturated rings. The van der Waals surface area contributed by atoms with Crippen molar-refractivity contribution in [3.63, 3.8) is 0 Å². The minimum atomic E-state index is -0.619. The molecule has 0 saturated carbocycles. The molecule has 0 aliphatic rings. The predicted octanol–water partition coefficient (Wildman–Crippen LogP) is 2.25. The van der Waals surface area contributed by atoms with Gasteiger partial charge >= 0.3 is 5.69 Å². The van der Waals surface area contributed by atoms with Crippen molar-refractivity contribution in [2.24, 2.45) is 5.73 Å². The zero-order valence-electron chi connectivity index (χ0n) is 20.9. The fourth-order valence-electron chi connectivity index (χ4n) is 4.02. The number of hydrogen-bond donors (Lipinski definition) is 2. The van der Waals surface area contributed by atoms with Crippen molar-refractivity contribution >= 4 is 23.0 Å². The van der Waals surface area contributed by atoms with Crippen molar-refractivity contribution in [3.05, 3.63) is 119 Å². The average Bonchev–Trinajstić information content (AvgIpc) is 3.53. The van der Waals surface area contributed by atoms with Crippen molar-refractivity contribution < 1.29 is 4.79 Å². The van der Waals surface area contributed by atoms with Gasteiger partial charge < -0.3 is 11.5 Å². The molecule has 0 aliphatic carbocycles. The van der Waals surface area contributed by atoms with Gasteiger partial charge in [0.2, 0.25) is 0 Å². The number of nitrogen functional groups attached to an aromatic ring is 1. The fourth-order valence-corrected chi connectivity index (χ4v) is 4.02. The molecule has 0 spiro atoms. The standard InChI is InChI=1S/C21H16N4O.C7H7N5O/c1-2-17-14-20-23-15-19(9-8-16-10-12-22-13-11-16)25(20)21(26)24(17)18-6-4-3-5-7-18;8-5-4(6(9)13)7-10-2-1-3-12(7)11-5/h3-7,10-15H,2H2,1H3;1-3H,(H2,8,11)(H2,9,13). The molecule has 0 bridgehead atoms. The molecule has 11 heteroatoms. The lowest BCUT2D eigenvalue weighted by Gasteiger charge is -2.12. The van der Waals surface area contributed by atoms with Gasteiger partial charge in [0.15, 0.2) is 11.5 Å². The van der Waals surface area contributed by atoms with Crippen LogP contribution >= 0.6 is 0 Å². The summed E-state index contributed by atoms with van der Waals surface area (Å²) >= 11 is 0. The summed E-state index contributed by atoms with van der Waals surface area (Å²) in [6.45, 7) is 2.03. The first-order valence-corrected chi connectivity index (χ1v) is 12.0. The lowest BCUT2D eigenvalue weighted by atomic mass is 10.2. The monoisotopic (exact) mass is 517 g/mol. The van der Waals surface area contributed by atoms with Crippen LogP contribution in [0.5, 0.6) is 0 Å². The molecule has 192 valence electrons. The van der Waals surface area contributed by atoms with Gasteiger partial charge in [-0.25, -0.2) is 23.7 Å². The number of imidazole rings is 1. The van der Waals surface area contributed by atoms with Crippen molar-refractivity contribution in [2.45, 2.75) is 13.3 Å². The zero-order valence-corrected chi connectivity index (χ0v) is 20.9. The second kappa shape index (κ2) is 10.7. The van der Waals surface area contributed by atoms with Gasteiger partial charge in [-0.15, -0.1) is 5.10 Å². The molecule has 0 saturated heterocycles. The Balaban J connectivity index is 0.000000198. The third-order valence-electron chi connectivity index (χ3n) is 5.82. The first-order valence-electron chi connectivity index (χ1n) is 12.0. The first-order chi connectivity index (χ1) is 19.0. The molecule has 0 atom stereocenters. The van der Waals surface area contributed by atoms with Crippen molar-refractivity contribution in [1.82, 2.24) is 33.5 Å². The third-order valence-corrected chi connectivity index (χ3v) is 5.82. The minimum Gasteiger partial charge on any atom is -0.381 e. The summed E-state index contributed by atoms with van der Waals surface area (Å²) in [7, 11) is 0. The van der Waals surface area contributed by atoms with Crippen LogP contribution in [0.15, 0.2) is 90.4 Å². The maximum atomic E-state index is 13.2. The summed E-state index contributed by atoms with van der Waals surface area (Å²) in [5.41, 5.74) is 14.7. The normalized spacial score (nSPS) is 10.5. The van der Waals surface area contributed by atoms with Crippen molar-refractivity contribution in [2.75, 3.05) is 5.73 Å². The highest BCUT2D eigenvalue weighted by atomic mass is 16.1. The topological polar surface area (TPSA) is 151 Å². The Morgan fingerprint density at radius 3 is 2.49 bits per heavy atom. The van der Waals surface area contributed by atoms with Gasteiger partial charge in [-0.3, -0.25) is 14.3 Å². The van der Waals surface area contributed by atoms with E-state index < -0.39 is 5.91 Å². The van der Waals surface area contributed by atoms with Crippen LogP contribution in [0.25, 0.3) is 17.0 Å². The number of rotatable bonds is 3. The molecule has 4 N–H and O–H groups in total. The Morgan fingerprint density at radius 1 is 1.00 bits per heavy atom. The molecule has 6 aromatic rings. The molecule has 0 unspecified atom stereocenters.